The van der Waals surface area contributed by atoms with Gasteiger partial charge in [-0.2, -0.15) is 0 Å². The van der Waals surface area contributed by atoms with Crippen molar-refractivity contribution in [3.8, 4) is 23.0 Å². The Balaban J connectivity index is 1.58. The molecule has 0 saturated carbocycles. The number of thioether (sulfide) groups is 1. The summed E-state index contributed by atoms with van der Waals surface area (Å²) in [6, 6.07) is 10.3. The van der Waals surface area contributed by atoms with E-state index in [1.165, 1.54) is 16.0 Å². The molecular weight excluding hydrogens is 300 g/mol. The Morgan fingerprint density at radius 1 is 1.05 bits per heavy atom. The van der Waals surface area contributed by atoms with Gasteiger partial charge >= 0.3 is 0 Å². The van der Waals surface area contributed by atoms with Crippen LogP contribution in [0, 0.1) is 0 Å². The number of ether oxygens (including phenoxy) is 4. The second-order valence-electron chi connectivity index (χ2n) is 5.60. The molecule has 4 nitrogen and oxygen atoms in total. The fourth-order valence-electron chi connectivity index (χ4n) is 3.35. The molecule has 0 bridgehead atoms. The third-order valence-corrected chi connectivity index (χ3v) is 5.66. The Morgan fingerprint density at radius 2 is 1.91 bits per heavy atom. The minimum atomic E-state index is 0.0692. The molecule has 0 radical (unpaired) electrons. The van der Waals surface area contributed by atoms with Gasteiger partial charge in [0.2, 0.25) is 6.79 Å². The van der Waals surface area contributed by atoms with Crippen molar-refractivity contribution in [2.45, 2.75) is 16.9 Å². The van der Waals surface area contributed by atoms with Gasteiger partial charge in [0.05, 0.1) is 7.11 Å². The topological polar surface area (TPSA) is 36.9 Å². The highest BCUT2D eigenvalue weighted by atomic mass is 32.2. The summed E-state index contributed by atoms with van der Waals surface area (Å²) in [5.74, 6) is 4.77. The van der Waals surface area contributed by atoms with Gasteiger partial charge in [-0.1, -0.05) is 6.07 Å². The summed E-state index contributed by atoms with van der Waals surface area (Å²) >= 11 is 1.86. The van der Waals surface area contributed by atoms with E-state index in [1.54, 1.807) is 7.11 Å². The van der Waals surface area contributed by atoms with Gasteiger partial charge in [0.25, 0.3) is 0 Å². The first-order valence-electron chi connectivity index (χ1n) is 7.24. The third kappa shape index (κ3) is 1.66. The van der Waals surface area contributed by atoms with Gasteiger partial charge in [-0.05, 0) is 18.2 Å². The molecule has 0 aromatic heterocycles. The zero-order chi connectivity index (χ0) is 14.7. The van der Waals surface area contributed by atoms with Gasteiger partial charge in [0.15, 0.2) is 11.5 Å². The molecule has 5 rings (SSSR count). The summed E-state index contributed by atoms with van der Waals surface area (Å²) in [6.07, 6.45) is 0.0692. The molecule has 2 atom stereocenters. The van der Waals surface area contributed by atoms with Crippen molar-refractivity contribution >= 4 is 11.8 Å². The molecule has 0 aliphatic carbocycles. The van der Waals surface area contributed by atoms with Crippen LogP contribution in [-0.2, 0) is 0 Å². The molecule has 3 heterocycles. The molecule has 112 valence electrons. The van der Waals surface area contributed by atoms with Crippen molar-refractivity contribution in [1.29, 1.82) is 0 Å². The Bertz CT molecular complexity index is 773. The van der Waals surface area contributed by atoms with E-state index in [4.69, 9.17) is 18.9 Å². The van der Waals surface area contributed by atoms with Gasteiger partial charge in [-0.15, -0.1) is 11.8 Å². The largest absolute Gasteiger partial charge is 0.497 e. The fraction of sp³-hybridized carbons (Fsp3) is 0.294. The van der Waals surface area contributed by atoms with Crippen molar-refractivity contribution in [3.63, 3.8) is 0 Å². The summed E-state index contributed by atoms with van der Waals surface area (Å²) in [5, 5.41) is 0. The average molecular weight is 314 g/mol. The highest BCUT2D eigenvalue weighted by Crippen LogP contribution is 2.56. The molecule has 0 N–H and O–H groups in total. The maximum absolute atomic E-state index is 6.25. The van der Waals surface area contributed by atoms with Gasteiger partial charge in [-0.3, -0.25) is 0 Å². The minimum Gasteiger partial charge on any atom is -0.497 e. The van der Waals surface area contributed by atoms with Crippen LogP contribution >= 0.6 is 11.8 Å². The molecular formula is C17H14O4S. The predicted octanol–water partition coefficient (Wildman–Crippen LogP) is 3.75. The zero-order valence-corrected chi connectivity index (χ0v) is 12.8. The number of benzene rings is 2. The van der Waals surface area contributed by atoms with E-state index >= 15 is 0 Å². The maximum atomic E-state index is 6.25. The Kier molecular flexibility index (Phi) is 2.56. The number of methoxy groups -OCH3 is 1. The molecule has 0 amide bonds. The van der Waals surface area contributed by atoms with Gasteiger partial charge in [0.1, 0.15) is 17.6 Å². The first kappa shape index (κ1) is 12.5. The summed E-state index contributed by atoms with van der Waals surface area (Å²) in [4.78, 5) is 1.24. The summed E-state index contributed by atoms with van der Waals surface area (Å²) in [5.41, 5.74) is 2.46. The van der Waals surface area contributed by atoms with E-state index in [0.29, 0.717) is 12.7 Å². The van der Waals surface area contributed by atoms with Gasteiger partial charge in [-0.25, -0.2) is 0 Å². The highest BCUT2D eigenvalue weighted by Gasteiger charge is 2.41. The lowest BCUT2D eigenvalue weighted by molar-refractivity contribution is 0.172. The molecule has 0 saturated heterocycles. The van der Waals surface area contributed by atoms with Crippen LogP contribution in [0.5, 0.6) is 23.0 Å². The van der Waals surface area contributed by atoms with Crippen LogP contribution in [0.15, 0.2) is 35.2 Å². The third-order valence-electron chi connectivity index (χ3n) is 4.47. The van der Waals surface area contributed by atoms with Crippen molar-refractivity contribution < 1.29 is 18.9 Å². The van der Waals surface area contributed by atoms with E-state index in [0.717, 1.165) is 28.8 Å². The van der Waals surface area contributed by atoms with Crippen molar-refractivity contribution in [2.24, 2.45) is 0 Å². The van der Waals surface area contributed by atoms with E-state index in [-0.39, 0.29) is 6.10 Å². The van der Waals surface area contributed by atoms with E-state index in [2.05, 4.69) is 18.2 Å². The van der Waals surface area contributed by atoms with Crippen LogP contribution in [0.1, 0.15) is 23.1 Å². The standard InChI is InChI=1S/C17H14O4S/c1-18-9-2-3-10-16(4-9)22-7-12-11-5-14-15(20-8-19-14)6-13(11)21-17(10)12/h2-6,12,17H,7-8H2,1H3. The monoisotopic (exact) mass is 314 g/mol. The van der Waals surface area contributed by atoms with Crippen LogP contribution in [0.4, 0.5) is 0 Å². The molecule has 2 aromatic carbocycles. The van der Waals surface area contributed by atoms with Crippen LogP contribution in [0.3, 0.4) is 0 Å². The van der Waals surface area contributed by atoms with Crippen LogP contribution in [0.2, 0.25) is 0 Å². The SMILES string of the molecule is COc1ccc2c(c1)SCC1c3cc4c(cc3OC21)OCO4. The lowest BCUT2D eigenvalue weighted by atomic mass is 9.92. The quantitative estimate of drug-likeness (QED) is 0.801. The fourth-order valence-corrected chi connectivity index (χ4v) is 4.62. The second-order valence-corrected chi connectivity index (χ2v) is 6.66. The number of hydrogen-bond donors (Lipinski definition) is 0. The van der Waals surface area contributed by atoms with Crippen LogP contribution < -0.4 is 18.9 Å². The summed E-state index contributed by atoms with van der Waals surface area (Å²) in [7, 11) is 1.70. The van der Waals surface area contributed by atoms with E-state index in [9.17, 15) is 0 Å². The minimum absolute atomic E-state index is 0.0692. The van der Waals surface area contributed by atoms with Crippen molar-refractivity contribution in [3.05, 3.63) is 41.5 Å². The van der Waals surface area contributed by atoms with Gasteiger partial charge in [0, 0.05) is 33.8 Å². The Labute approximate surface area is 132 Å². The molecule has 3 aliphatic heterocycles. The normalized spacial score (nSPS) is 23.3. The number of fused-ring (bicyclic) bond motifs is 6. The Morgan fingerprint density at radius 3 is 2.77 bits per heavy atom. The number of rotatable bonds is 1. The van der Waals surface area contributed by atoms with E-state index < -0.39 is 0 Å². The summed E-state index contributed by atoms with van der Waals surface area (Å²) in [6.45, 7) is 0.295. The summed E-state index contributed by atoms with van der Waals surface area (Å²) < 4.78 is 22.5. The second kappa shape index (κ2) is 4.49. The first-order chi connectivity index (χ1) is 10.8. The molecule has 0 spiro atoms. The number of hydrogen-bond acceptors (Lipinski definition) is 5. The maximum Gasteiger partial charge on any atom is 0.231 e. The first-order valence-corrected chi connectivity index (χ1v) is 8.23. The van der Waals surface area contributed by atoms with Crippen LogP contribution in [0.25, 0.3) is 0 Å². The van der Waals surface area contributed by atoms with Crippen molar-refractivity contribution in [1.82, 2.24) is 0 Å². The average Bonchev–Trinajstić information content (AvgIpc) is 3.15. The Hall–Kier alpha value is -2.01. The van der Waals surface area contributed by atoms with Crippen LogP contribution in [-0.4, -0.2) is 19.7 Å². The molecule has 0 fully saturated rings. The molecule has 5 heteroatoms. The van der Waals surface area contributed by atoms with Gasteiger partial charge < -0.3 is 18.9 Å². The zero-order valence-electron chi connectivity index (χ0n) is 12.0. The molecule has 22 heavy (non-hydrogen) atoms. The smallest absolute Gasteiger partial charge is 0.231 e. The lowest BCUT2D eigenvalue weighted by Gasteiger charge is -2.27. The lowest BCUT2D eigenvalue weighted by Crippen LogP contribution is -2.17. The van der Waals surface area contributed by atoms with E-state index in [1.807, 2.05) is 23.9 Å². The molecule has 2 unspecified atom stereocenters. The molecule has 2 aromatic rings. The molecule has 3 aliphatic rings. The highest BCUT2D eigenvalue weighted by molar-refractivity contribution is 7.99. The van der Waals surface area contributed by atoms with Crippen molar-refractivity contribution in [2.75, 3.05) is 19.7 Å². The predicted molar refractivity (Wildman–Crippen MR) is 82.4 cm³/mol.